The molecule has 1 heterocycles. The summed E-state index contributed by atoms with van der Waals surface area (Å²) in [5.41, 5.74) is 0.547. The molecule has 0 saturated carbocycles. The van der Waals surface area contributed by atoms with E-state index >= 15 is 0 Å². The lowest BCUT2D eigenvalue weighted by atomic mass is 10.1. The summed E-state index contributed by atoms with van der Waals surface area (Å²) in [4.78, 5) is 16.5. The monoisotopic (exact) mass is 376 g/mol. The van der Waals surface area contributed by atoms with Gasteiger partial charge in [0.05, 0.1) is 13.2 Å². The molecule has 1 aliphatic rings. The molecule has 3 N–H and O–H groups in total. The second-order valence-corrected chi connectivity index (χ2v) is 8.07. The van der Waals surface area contributed by atoms with Crippen molar-refractivity contribution in [2.75, 3.05) is 31.6 Å². The number of aliphatic imine (C=N–C) groups is 1. The Balaban J connectivity index is 2.08. The minimum Gasteiger partial charge on any atom is -0.490 e. The Morgan fingerprint density at radius 3 is 2.56 bits per heavy atom. The lowest BCUT2D eigenvalue weighted by Gasteiger charge is -2.20. The van der Waals surface area contributed by atoms with Gasteiger partial charge < -0.3 is 25.4 Å². The molecule has 1 aromatic rings. The number of hydrogen-bond acceptors (Lipinski definition) is 4. The van der Waals surface area contributed by atoms with E-state index in [-0.39, 0.29) is 18.0 Å². The Bertz CT molecular complexity index is 666. The Morgan fingerprint density at radius 2 is 1.89 bits per heavy atom. The molecule has 27 heavy (non-hydrogen) atoms. The van der Waals surface area contributed by atoms with Crippen LogP contribution in [0.3, 0.4) is 0 Å². The number of carbonyl (C=O) groups is 1. The molecule has 1 aliphatic heterocycles. The van der Waals surface area contributed by atoms with Gasteiger partial charge in [0.2, 0.25) is 5.91 Å². The van der Waals surface area contributed by atoms with Gasteiger partial charge in [-0.3, -0.25) is 4.79 Å². The normalized spacial score (nSPS) is 14.5. The highest BCUT2D eigenvalue weighted by molar-refractivity contribution is 5.95. The van der Waals surface area contributed by atoms with Gasteiger partial charge in [0.25, 0.3) is 0 Å². The third kappa shape index (κ3) is 7.76. The number of ether oxygens (including phenoxy) is 2. The Labute approximate surface area is 161 Å². The van der Waals surface area contributed by atoms with E-state index in [1.807, 2.05) is 39.0 Å². The van der Waals surface area contributed by atoms with E-state index < -0.39 is 0 Å². The largest absolute Gasteiger partial charge is 0.490 e. The Morgan fingerprint density at radius 1 is 1.19 bits per heavy atom. The van der Waals surface area contributed by atoms with E-state index in [1.54, 1.807) is 0 Å². The van der Waals surface area contributed by atoms with Crippen molar-refractivity contribution in [2.24, 2.45) is 10.9 Å². The molecule has 0 bridgehead atoms. The first-order chi connectivity index (χ1) is 12.7. The first-order valence-corrected chi connectivity index (χ1v) is 9.49. The number of anilines is 1. The summed E-state index contributed by atoms with van der Waals surface area (Å²) in [7, 11) is 0. The topological polar surface area (TPSA) is 84.0 Å². The Kier molecular flexibility index (Phi) is 7.33. The highest BCUT2D eigenvalue weighted by atomic mass is 16.5. The molecule has 0 fully saturated rings. The van der Waals surface area contributed by atoms with Gasteiger partial charge in [-0.25, -0.2) is 4.99 Å². The van der Waals surface area contributed by atoms with Crippen molar-refractivity contribution in [3.63, 3.8) is 0 Å². The molecule has 7 heteroatoms. The van der Waals surface area contributed by atoms with Crippen molar-refractivity contribution in [1.82, 2.24) is 10.6 Å². The number of amides is 1. The number of carbonyl (C=O) groups excluding carboxylic acids is 1. The minimum atomic E-state index is -0.278. The first kappa shape index (κ1) is 20.9. The van der Waals surface area contributed by atoms with Crippen LogP contribution in [0.4, 0.5) is 5.69 Å². The summed E-state index contributed by atoms with van der Waals surface area (Å²) < 4.78 is 11.4. The van der Waals surface area contributed by atoms with Crippen LogP contribution in [0.5, 0.6) is 11.5 Å². The SMILES string of the molecule is CC(C)CNC(=NCC(=O)NC(C)(C)C)Nc1ccc2c(c1)OCCCO2. The zero-order valence-corrected chi connectivity index (χ0v) is 17.0. The number of hydrogen-bond donors (Lipinski definition) is 3. The number of nitrogens with one attached hydrogen (secondary N) is 3. The highest BCUT2D eigenvalue weighted by Gasteiger charge is 2.14. The van der Waals surface area contributed by atoms with Crippen molar-refractivity contribution in [2.45, 2.75) is 46.6 Å². The molecule has 2 rings (SSSR count). The molecule has 150 valence electrons. The highest BCUT2D eigenvalue weighted by Crippen LogP contribution is 2.32. The summed E-state index contributed by atoms with van der Waals surface area (Å²) in [5.74, 6) is 2.35. The maximum absolute atomic E-state index is 12.1. The second-order valence-electron chi connectivity index (χ2n) is 8.07. The number of fused-ring (bicyclic) bond motifs is 1. The van der Waals surface area contributed by atoms with Gasteiger partial charge in [0, 0.05) is 30.3 Å². The van der Waals surface area contributed by atoms with Crippen LogP contribution < -0.4 is 25.4 Å². The molecular weight excluding hydrogens is 344 g/mol. The average molecular weight is 377 g/mol. The fourth-order valence-electron chi connectivity index (χ4n) is 2.43. The van der Waals surface area contributed by atoms with Crippen LogP contribution in [0.1, 0.15) is 41.0 Å². The smallest absolute Gasteiger partial charge is 0.242 e. The van der Waals surface area contributed by atoms with E-state index in [2.05, 4.69) is 34.8 Å². The lowest BCUT2D eigenvalue weighted by Crippen LogP contribution is -2.42. The van der Waals surface area contributed by atoms with Crippen LogP contribution in [-0.4, -0.2) is 43.7 Å². The van der Waals surface area contributed by atoms with Crippen molar-refractivity contribution in [1.29, 1.82) is 0 Å². The summed E-state index contributed by atoms with van der Waals surface area (Å²) in [6, 6.07) is 5.69. The van der Waals surface area contributed by atoms with Gasteiger partial charge in [-0.15, -0.1) is 0 Å². The second kappa shape index (κ2) is 9.48. The molecule has 0 spiro atoms. The fraction of sp³-hybridized carbons (Fsp3) is 0.600. The van der Waals surface area contributed by atoms with Crippen molar-refractivity contribution in [3.8, 4) is 11.5 Å². The van der Waals surface area contributed by atoms with Gasteiger partial charge in [-0.05, 0) is 38.8 Å². The predicted molar refractivity (Wildman–Crippen MR) is 109 cm³/mol. The van der Waals surface area contributed by atoms with Gasteiger partial charge >= 0.3 is 0 Å². The molecule has 0 unspecified atom stereocenters. The number of guanidine groups is 1. The van der Waals surface area contributed by atoms with Gasteiger partial charge in [0.15, 0.2) is 17.5 Å². The van der Waals surface area contributed by atoms with Gasteiger partial charge in [-0.1, -0.05) is 13.8 Å². The van der Waals surface area contributed by atoms with E-state index in [4.69, 9.17) is 9.47 Å². The quantitative estimate of drug-likeness (QED) is 0.544. The van der Waals surface area contributed by atoms with Crippen LogP contribution in [0.15, 0.2) is 23.2 Å². The number of benzene rings is 1. The molecule has 7 nitrogen and oxygen atoms in total. The Hall–Kier alpha value is -2.44. The lowest BCUT2D eigenvalue weighted by molar-refractivity contribution is -0.121. The summed E-state index contributed by atoms with van der Waals surface area (Å²) in [6.07, 6.45) is 0.864. The van der Waals surface area contributed by atoms with Crippen molar-refractivity contribution in [3.05, 3.63) is 18.2 Å². The van der Waals surface area contributed by atoms with Crippen molar-refractivity contribution < 1.29 is 14.3 Å². The van der Waals surface area contributed by atoms with E-state index in [0.717, 1.165) is 24.4 Å². The maximum atomic E-state index is 12.1. The molecule has 0 aliphatic carbocycles. The summed E-state index contributed by atoms with van der Waals surface area (Å²) >= 11 is 0. The zero-order valence-electron chi connectivity index (χ0n) is 17.0. The van der Waals surface area contributed by atoms with E-state index in [0.29, 0.717) is 30.8 Å². The van der Waals surface area contributed by atoms with E-state index in [1.165, 1.54) is 0 Å². The molecule has 0 radical (unpaired) electrons. The third-order valence-corrected chi connectivity index (χ3v) is 3.58. The van der Waals surface area contributed by atoms with Crippen LogP contribution >= 0.6 is 0 Å². The molecule has 0 aromatic heterocycles. The van der Waals surface area contributed by atoms with Gasteiger partial charge in [0.1, 0.15) is 6.54 Å². The third-order valence-electron chi connectivity index (χ3n) is 3.58. The zero-order chi connectivity index (χ0) is 19.9. The minimum absolute atomic E-state index is 0.0508. The van der Waals surface area contributed by atoms with Crippen LogP contribution in [0.25, 0.3) is 0 Å². The summed E-state index contributed by atoms with van der Waals surface area (Å²) in [6.45, 7) is 12.2. The first-order valence-electron chi connectivity index (χ1n) is 9.49. The molecule has 0 saturated heterocycles. The molecular formula is C20H32N4O3. The van der Waals surface area contributed by atoms with Crippen LogP contribution in [0, 0.1) is 5.92 Å². The van der Waals surface area contributed by atoms with Crippen molar-refractivity contribution >= 4 is 17.6 Å². The summed E-state index contributed by atoms with van der Waals surface area (Å²) in [5, 5.41) is 9.42. The average Bonchev–Trinajstić information content (AvgIpc) is 2.80. The predicted octanol–water partition coefficient (Wildman–Crippen LogP) is 2.78. The standard InChI is InChI=1S/C20H32N4O3/c1-14(2)12-21-19(22-13-18(25)24-20(3,4)5)23-15-7-8-16-17(11-15)27-10-6-9-26-16/h7-8,11,14H,6,9-10,12-13H2,1-5H3,(H,24,25)(H2,21,22,23). The molecule has 0 atom stereocenters. The fourth-order valence-corrected chi connectivity index (χ4v) is 2.43. The number of rotatable bonds is 5. The number of nitrogens with zero attached hydrogens (tertiary/aromatic N) is 1. The maximum Gasteiger partial charge on any atom is 0.242 e. The van der Waals surface area contributed by atoms with Gasteiger partial charge in [-0.2, -0.15) is 0 Å². The van der Waals surface area contributed by atoms with E-state index in [9.17, 15) is 4.79 Å². The molecule has 1 aromatic carbocycles. The van der Waals surface area contributed by atoms with Crippen LogP contribution in [-0.2, 0) is 4.79 Å². The molecule has 1 amide bonds. The van der Waals surface area contributed by atoms with Crippen LogP contribution in [0.2, 0.25) is 0 Å².